The molecule has 0 aliphatic carbocycles. The first-order chi connectivity index (χ1) is 16.5. The Kier molecular flexibility index (Phi) is 9.68. The summed E-state index contributed by atoms with van der Waals surface area (Å²) in [6, 6.07) is 14.6. The quantitative estimate of drug-likeness (QED) is 0.226. The molecule has 1 unspecified atom stereocenters. The van der Waals surface area contributed by atoms with Crippen molar-refractivity contribution in [1.29, 1.82) is 0 Å². The molecule has 1 aliphatic rings. The van der Waals surface area contributed by atoms with Gasteiger partial charge in [-0.15, -0.1) is 0 Å². The van der Waals surface area contributed by atoms with E-state index in [2.05, 4.69) is 20.7 Å². The Bertz CT molecular complexity index is 975. The first-order valence-corrected chi connectivity index (χ1v) is 11.3. The van der Waals surface area contributed by atoms with Crippen LogP contribution in [0.2, 0.25) is 0 Å². The lowest BCUT2D eigenvalue weighted by Gasteiger charge is -2.33. The number of non-ortho nitro benzene ring substituents is 1. The third-order valence-electron chi connectivity index (χ3n) is 5.51. The second-order valence-electron chi connectivity index (χ2n) is 7.86. The lowest BCUT2D eigenvalue weighted by atomic mass is 10.1. The molecule has 0 saturated carbocycles. The van der Waals surface area contributed by atoms with Gasteiger partial charge in [-0.25, -0.2) is 5.43 Å². The number of unbranched alkanes of at least 4 members (excludes halogenated alkanes) is 1. The highest BCUT2D eigenvalue weighted by Crippen LogP contribution is 2.13. The fraction of sp³-hybridized carbons (Fsp3) is 0.375. The van der Waals surface area contributed by atoms with E-state index < -0.39 is 4.92 Å². The third-order valence-corrected chi connectivity index (χ3v) is 5.51. The summed E-state index contributed by atoms with van der Waals surface area (Å²) in [5.74, 6) is -0.322. The molecular formula is C24H29N5O5. The molecule has 1 saturated heterocycles. The lowest BCUT2D eigenvalue weighted by molar-refractivity contribution is -0.384. The van der Waals surface area contributed by atoms with Crippen LogP contribution in [0, 0.1) is 10.1 Å². The average Bonchev–Trinajstić information content (AvgIpc) is 2.87. The Morgan fingerprint density at radius 1 is 1.09 bits per heavy atom. The maximum Gasteiger partial charge on any atom is 0.269 e. The molecule has 2 aromatic carbocycles. The molecule has 1 heterocycles. The zero-order valence-corrected chi connectivity index (χ0v) is 18.9. The van der Waals surface area contributed by atoms with Crippen molar-refractivity contribution in [2.75, 3.05) is 32.8 Å². The molecule has 2 aromatic rings. The Hall–Kier alpha value is -3.63. The van der Waals surface area contributed by atoms with Crippen molar-refractivity contribution in [3.63, 3.8) is 0 Å². The monoisotopic (exact) mass is 467 g/mol. The number of ether oxygens (including phenoxy) is 1. The normalized spacial score (nSPS) is 15.1. The van der Waals surface area contributed by atoms with Crippen molar-refractivity contribution in [3.8, 4) is 0 Å². The fourth-order valence-corrected chi connectivity index (χ4v) is 3.65. The minimum absolute atomic E-state index is 0.00600. The maximum atomic E-state index is 12.9. The van der Waals surface area contributed by atoms with E-state index in [4.69, 9.17) is 4.74 Å². The molecule has 1 aliphatic heterocycles. The molecule has 0 spiro atoms. The zero-order chi connectivity index (χ0) is 24.2. The van der Waals surface area contributed by atoms with Gasteiger partial charge in [0, 0.05) is 37.3 Å². The summed E-state index contributed by atoms with van der Waals surface area (Å²) < 4.78 is 5.41. The molecule has 0 bridgehead atoms. The number of morpholine rings is 1. The van der Waals surface area contributed by atoms with Crippen molar-refractivity contribution in [3.05, 3.63) is 75.8 Å². The standard InChI is InChI=1S/C24H29N5O5/c30-23(20-6-2-1-3-7-20)25-13-5-4-8-22(28-14-16-34-17-15-28)24(31)27-26-18-19-9-11-21(12-10-19)29(32)33/h1-3,6-7,9-12,18,22H,4-5,8,13-17H2,(H,25,30)(H,27,31)/b26-18+. The van der Waals surface area contributed by atoms with Gasteiger partial charge in [-0.1, -0.05) is 18.2 Å². The van der Waals surface area contributed by atoms with Gasteiger partial charge >= 0.3 is 0 Å². The number of rotatable bonds is 11. The van der Waals surface area contributed by atoms with E-state index in [1.54, 1.807) is 24.3 Å². The van der Waals surface area contributed by atoms with Gasteiger partial charge in [0.2, 0.25) is 0 Å². The molecule has 10 heteroatoms. The van der Waals surface area contributed by atoms with Crippen LogP contribution in [0.1, 0.15) is 35.2 Å². The molecular weight excluding hydrogens is 438 g/mol. The summed E-state index contributed by atoms with van der Waals surface area (Å²) in [6.07, 6.45) is 3.59. The minimum Gasteiger partial charge on any atom is -0.379 e. The Morgan fingerprint density at radius 3 is 2.47 bits per heavy atom. The summed E-state index contributed by atoms with van der Waals surface area (Å²) in [5, 5.41) is 17.7. The first kappa shape index (κ1) is 25.0. The molecule has 0 radical (unpaired) electrons. The maximum absolute atomic E-state index is 12.9. The van der Waals surface area contributed by atoms with Crippen LogP contribution in [-0.4, -0.2) is 66.7 Å². The Balaban J connectivity index is 1.48. The summed E-state index contributed by atoms with van der Waals surface area (Å²) in [4.78, 5) is 37.4. The van der Waals surface area contributed by atoms with Crippen LogP contribution in [-0.2, 0) is 9.53 Å². The highest BCUT2D eigenvalue weighted by Gasteiger charge is 2.26. The van der Waals surface area contributed by atoms with E-state index in [1.165, 1.54) is 18.3 Å². The van der Waals surface area contributed by atoms with Gasteiger partial charge in [-0.2, -0.15) is 5.10 Å². The molecule has 10 nitrogen and oxygen atoms in total. The van der Waals surface area contributed by atoms with E-state index in [1.807, 2.05) is 18.2 Å². The summed E-state index contributed by atoms with van der Waals surface area (Å²) in [7, 11) is 0. The molecule has 34 heavy (non-hydrogen) atoms. The first-order valence-electron chi connectivity index (χ1n) is 11.3. The Morgan fingerprint density at radius 2 is 1.79 bits per heavy atom. The predicted octanol–water partition coefficient (Wildman–Crippen LogP) is 2.35. The van der Waals surface area contributed by atoms with Gasteiger partial charge in [0.05, 0.1) is 30.4 Å². The summed E-state index contributed by atoms with van der Waals surface area (Å²) in [5.41, 5.74) is 3.85. The molecule has 3 rings (SSSR count). The van der Waals surface area contributed by atoms with Crippen molar-refractivity contribution in [2.24, 2.45) is 5.10 Å². The van der Waals surface area contributed by atoms with Crippen molar-refractivity contribution in [2.45, 2.75) is 25.3 Å². The molecule has 1 atom stereocenters. The minimum atomic E-state index is -0.470. The largest absolute Gasteiger partial charge is 0.379 e. The molecule has 0 aromatic heterocycles. The highest BCUT2D eigenvalue weighted by molar-refractivity contribution is 5.94. The average molecular weight is 468 g/mol. The fourth-order valence-electron chi connectivity index (χ4n) is 3.65. The summed E-state index contributed by atoms with van der Waals surface area (Å²) in [6.45, 7) is 3.00. The van der Waals surface area contributed by atoms with Crippen LogP contribution < -0.4 is 10.7 Å². The van der Waals surface area contributed by atoms with Crippen LogP contribution in [0.3, 0.4) is 0 Å². The number of nitrogens with zero attached hydrogens (tertiary/aromatic N) is 3. The van der Waals surface area contributed by atoms with Crippen LogP contribution in [0.25, 0.3) is 0 Å². The SMILES string of the molecule is O=C(NCCCCC(C(=O)N/N=C/c1ccc([N+](=O)[O-])cc1)N1CCOCC1)c1ccccc1. The molecule has 2 N–H and O–H groups in total. The number of carbonyl (C=O) groups is 2. The van der Waals surface area contributed by atoms with Crippen molar-refractivity contribution < 1.29 is 19.2 Å². The smallest absolute Gasteiger partial charge is 0.269 e. The number of nitro groups is 1. The number of hydrazone groups is 1. The van der Waals surface area contributed by atoms with Gasteiger partial charge < -0.3 is 10.1 Å². The zero-order valence-electron chi connectivity index (χ0n) is 18.9. The highest BCUT2D eigenvalue weighted by atomic mass is 16.6. The molecule has 1 fully saturated rings. The van der Waals surface area contributed by atoms with Gasteiger partial charge in [0.25, 0.3) is 17.5 Å². The van der Waals surface area contributed by atoms with Crippen molar-refractivity contribution >= 4 is 23.7 Å². The third kappa shape index (κ3) is 7.75. The van der Waals surface area contributed by atoms with Crippen LogP contribution in [0.15, 0.2) is 59.7 Å². The van der Waals surface area contributed by atoms with Gasteiger partial charge in [-0.05, 0) is 49.1 Å². The molecule has 2 amide bonds. The van der Waals surface area contributed by atoms with E-state index >= 15 is 0 Å². The number of carbonyl (C=O) groups excluding carboxylic acids is 2. The van der Waals surface area contributed by atoms with Gasteiger partial charge in [-0.3, -0.25) is 24.6 Å². The lowest BCUT2D eigenvalue weighted by Crippen LogP contribution is -2.50. The van der Waals surface area contributed by atoms with E-state index in [9.17, 15) is 19.7 Å². The van der Waals surface area contributed by atoms with E-state index in [-0.39, 0.29) is 23.5 Å². The molecule has 180 valence electrons. The van der Waals surface area contributed by atoms with Crippen LogP contribution in [0.4, 0.5) is 5.69 Å². The van der Waals surface area contributed by atoms with Crippen molar-refractivity contribution in [1.82, 2.24) is 15.6 Å². The second-order valence-corrected chi connectivity index (χ2v) is 7.86. The predicted molar refractivity (Wildman–Crippen MR) is 128 cm³/mol. The number of hydrogen-bond donors (Lipinski definition) is 2. The number of hydrogen-bond acceptors (Lipinski definition) is 7. The number of benzene rings is 2. The van der Waals surface area contributed by atoms with Gasteiger partial charge in [0.1, 0.15) is 0 Å². The second kappa shape index (κ2) is 13.2. The number of nitro benzene ring substituents is 1. The van der Waals surface area contributed by atoms with E-state index in [0.717, 1.165) is 12.8 Å². The van der Waals surface area contributed by atoms with Gasteiger partial charge in [0.15, 0.2) is 0 Å². The summed E-state index contributed by atoms with van der Waals surface area (Å²) >= 11 is 0. The number of amides is 2. The van der Waals surface area contributed by atoms with Crippen LogP contribution in [0.5, 0.6) is 0 Å². The van der Waals surface area contributed by atoms with Crippen LogP contribution >= 0.6 is 0 Å². The topological polar surface area (TPSA) is 126 Å². The van der Waals surface area contributed by atoms with E-state index in [0.29, 0.717) is 50.4 Å². The Labute approximate surface area is 198 Å². The number of nitrogens with one attached hydrogen (secondary N) is 2.